The summed E-state index contributed by atoms with van der Waals surface area (Å²) in [5, 5.41) is 3.51. The maximum atomic E-state index is 12.7. The molecule has 4 heterocycles. The van der Waals surface area contributed by atoms with Crippen LogP contribution in [0.2, 0.25) is 0 Å². The highest BCUT2D eigenvalue weighted by Gasteiger charge is 2.43. The molecular weight excluding hydrogens is 380 g/mol. The SMILES string of the molecule is CC(C)S(=O)(=O)N1C[C@@H](c2cccnc2)[C@H](c2nc(-c3cnccn3)no2)C1. The lowest BCUT2D eigenvalue weighted by Crippen LogP contribution is -2.34. The van der Waals surface area contributed by atoms with Crippen molar-refractivity contribution < 1.29 is 12.9 Å². The van der Waals surface area contributed by atoms with Crippen LogP contribution < -0.4 is 0 Å². The number of sulfonamides is 1. The summed E-state index contributed by atoms with van der Waals surface area (Å²) < 4.78 is 32.5. The van der Waals surface area contributed by atoms with Crippen molar-refractivity contribution >= 4 is 10.0 Å². The Balaban J connectivity index is 1.70. The van der Waals surface area contributed by atoms with Crippen LogP contribution in [-0.4, -0.2) is 56.2 Å². The van der Waals surface area contributed by atoms with Crippen LogP contribution >= 0.6 is 0 Å². The maximum Gasteiger partial charge on any atom is 0.232 e. The van der Waals surface area contributed by atoms with Gasteiger partial charge in [-0.1, -0.05) is 11.2 Å². The first kappa shape index (κ1) is 18.6. The summed E-state index contributed by atoms with van der Waals surface area (Å²) in [5.41, 5.74) is 1.44. The predicted octanol–water partition coefficient (Wildman–Crippen LogP) is 1.84. The second kappa shape index (κ2) is 7.36. The average Bonchev–Trinajstić information content (AvgIpc) is 3.37. The fraction of sp³-hybridized carbons (Fsp3) is 0.389. The van der Waals surface area contributed by atoms with Crippen molar-refractivity contribution in [2.45, 2.75) is 30.9 Å². The zero-order chi connectivity index (χ0) is 19.7. The molecule has 9 nitrogen and oxygen atoms in total. The molecule has 10 heteroatoms. The van der Waals surface area contributed by atoms with E-state index in [1.54, 1.807) is 44.8 Å². The van der Waals surface area contributed by atoms with Crippen LogP contribution in [0.15, 0.2) is 47.6 Å². The molecule has 0 saturated carbocycles. The molecule has 3 aromatic rings. The number of rotatable bonds is 5. The van der Waals surface area contributed by atoms with Crippen molar-refractivity contribution in [1.29, 1.82) is 0 Å². The highest BCUT2D eigenvalue weighted by molar-refractivity contribution is 7.89. The molecule has 0 unspecified atom stereocenters. The minimum Gasteiger partial charge on any atom is -0.339 e. The van der Waals surface area contributed by atoms with E-state index in [2.05, 4.69) is 25.1 Å². The lowest BCUT2D eigenvalue weighted by atomic mass is 9.90. The van der Waals surface area contributed by atoms with Crippen LogP contribution in [0.3, 0.4) is 0 Å². The van der Waals surface area contributed by atoms with Gasteiger partial charge >= 0.3 is 0 Å². The van der Waals surface area contributed by atoms with Crippen LogP contribution in [0, 0.1) is 0 Å². The second-order valence-electron chi connectivity index (χ2n) is 6.96. The standard InChI is InChI=1S/C18H20N6O3S/c1-12(2)28(25,26)24-10-14(13-4-3-5-19-8-13)15(11-24)18-22-17(23-27-18)16-9-20-6-7-21-16/h3-9,12,14-15H,10-11H2,1-2H3/t14-,15+/m0/s1. The molecule has 3 aromatic heterocycles. The Morgan fingerprint density at radius 1 is 1.11 bits per heavy atom. The highest BCUT2D eigenvalue weighted by atomic mass is 32.2. The minimum absolute atomic E-state index is 0.127. The monoisotopic (exact) mass is 400 g/mol. The van der Waals surface area contributed by atoms with Gasteiger partial charge in [-0.15, -0.1) is 0 Å². The molecule has 0 N–H and O–H groups in total. The van der Waals surface area contributed by atoms with Crippen molar-refractivity contribution in [2.75, 3.05) is 13.1 Å². The van der Waals surface area contributed by atoms with Crippen molar-refractivity contribution in [3.05, 3.63) is 54.6 Å². The molecule has 0 spiro atoms. The summed E-state index contributed by atoms with van der Waals surface area (Å²) in [5.74, 6) is 0.321. The molecule has 0 bridgehead atoms. The van der Waals surface area contributed by atoms with E-state index in [0.717, 1.165) is 5.56 Å². The molecule has 0 aliphatic carbocycles. The molecule has 2 atom stereocenters. The first-order valence-corrected chi connectivity index (χ1v) is 10.5. The fourth-order valence-electron chi connectivity index (χ4n) is 3.36. The summed E-state index contributed by atoms with van der Waals surface area (Å²) in [7, 11) is -3.40. The third kappa shape index (κ3) is 3.40. The average molecular weight is 400 g/mol. The molecule has 1 aliphatic rings. The van der Waals surface area contributed by atoms with Crippen molar-refractivity contribution in [3.63, 3.8) is 0 Å². The van der Waals surface area contributed by atoms with E-state index in [1.807, 2.05) is 12.1 Å². The summed E-state index contributed by atoms with van der Waals surface area (Å²) in [4.78, 5) is 16.9. The quantitative estimate of drug-likeness (QED) is 0.637. The number of aromatic nitrogens is 5. The van der Waals surface area contributed by atoms with Gasteiger partial charge in [-0.2, -0.15) is 4.98 Å². The van der Waals surface area contributed by atoms with Gasteiger partial charge in [-0.05, 0) is 25.5 Å². The lowest BCUT2D eigenvalue weighted by molar-refractivity contribution is 0.348. The van der Waals surface area contributed by atoms with Gasteiger partial charge in [-0.3, -0.25) is 9.97 Å². The molecular formula is C18H20N6O3S. The zero-order valence-electron chi connectivity index (χ0n) is 15.5. The molecule has 28 heavy (non-hydrogen) atoms. The zero-order valence-corrected chi connectivity index (χ0v) is 16.3. The summed E-state index contributed by atoms with van der Waals surface area (Å²) in [6.45, 7) is 3.99. The van der Waals surface area contributed by atoms with Gasteiger partial charge in [0.25, 0.3) is 0 Å². The highest BCUT2D eigenvalue weighted by Crippen LogP contribution is 2.40. The van der Waals surface area contributed by atoms with E-state index in [9.17, 15) is 8.42 Å². The van der Waals surface area contributed by atoms with Crippen LogP contribution in [0.1, 0.15) is 37.1 Å². The van der Waals surface area contributed by atoms with Gasteiger partial charge in [0.05, 0.1) is 17.4 Å². The molecule has 4 rings (SSSR count). The van der Waals surface area contributed by atoms with Gasteiger partial charge in [0.15, 0.2) is 0 Å². The van der Waals surface area contributed by atoms with Crippen LogP contribution in [0.4, 0.5) is 0 Å². The Bertz CT molecular complexity index is 1040. The minimum atomic E-state index is -3.40. The van der Waals surface area contributed by atoms with E-state index >= 15 is 0 Å². The van der Waals surface area contributed by atoms with E-state index < -0.39 is 15.3 Å². The Hall–Kier alpha value is -2.72. The Labute approximate surface area is 162 Å². The Morgan fingerprint density at radius 3 is 2.57 bits per heavy atom. The van der Waals surface area contributed by atoms with Crippen molar-refractivity contribution in [3.8, 4) is 11.5 Å². The van der Waals surface area contributed by atoms with E-state index in [4.69, 9.17) is 4.52 Å². The van der Waals surface area contributed by atoms with Gasteiger partial charge in [0, 0.05) is 43.8 Å². The van der Waals surface area contributed by atoms with Crippen molar-refractivity contribution in [1.82, 2.24) is 29.4 Å². The first-order chi connectivity index (χ1) is 13.5. The Kier molecular flexibility index (Phi) is 4.90. The first-order valence-electron chi connectivity index (χ1n) is 8.95. The largest absolute Gasteiger partial charge is 0.339 e. The normalized spacial score (nSPS) is 20.7. The third-order valence-corrected chi connectivity index (χ3v) is 7.12. The summed E-state index contributed by atoms with van der Waals surface area (Å²) in [6, 6.07) is 3.78. The summed E-state index contributed by atoms with van der Waals surface area (Å²) in [6.07, 6.45) is 8.11. The van der Waals surface area contributed by atoms with Crippen molar-refractivity contribution in [2.24, 2.45) is 0 Å². The fourth-order valence-corrected chi connectivity index (χ4v) is 4.69. The maximum absolute atomic E-state index is 12.7. The molecule has 1 saturated heterocycles. The van der Waals surface area contributed by atoms with E-state index in [1.165, 1.54) is 4.31 Å². The molecule has 0 amide bonds. The van der Waals surface area contributed by atoms with E-state index in [0.29, 0.717) is 24.0 Å². The van der Waals surface area contributed by atoms with Crippen LogP contribution in [0.25, 0.3) is 11.5 Å². The van der Waals surface area contributed by atoms with Crippen LogP contribution in [-0.2, 0) is 10.0 Å². The molecule has 0 radical (unpaired) electrons. The number of hydrogen-bond donors (Lipinski definition) is 0. The Morgan fingerprint density at radius 2 is 1.89 bits per heavy atom. The predicted molar refractivity (Wildman–Crippen MR) is 101 cm³/mol. The second-order valence-corrected chi connectivity index (χ2v) is 9.45. The number of pyridine rings is 1. The van der Waals surface area contributed by atoms with Gasteiger partial charge in [0.1, 0.15) is 5.69 Å². The van der Waals surface area contributed by atoms with E-state index in [-0.39, 0.29) is 18.4 Å². The number of nitrogens with zero attached hydrogens (tertiary/aromatic N) is 6. The van der Waals surface area contributed by atoms with Gasteiger partial charge in [-0.25, -0.2) is 17.7 Å². The smallest absolute Gasteiger partial charge is 0.232 e. The third-order valence-electron chi connectivity index (χ3n) is 4.91. The molecule has 0 aromatic carbocycles. The summed E-state index contributed by atoms with van der Waals surface area (Å²) >= 11 is 0. The molecule has 146 valence electrons. The lowest BCUT2D eigenvalue weighted by Gasteiger charge is -2.18. The van der Waals surface area contributed by atoms with Crippen LogP contribution in [0.5, 0.6) is 0 Å². The topological polar surface area (TPSA) is 115 Å². The van der Waals surface area contributed by atoms with Gasteiger partial charge < -0.3 is 4.52 Å². The molecule has 1 fully saturated rings. The van der Waals surface area contributed by atoms with Gasteiger partial charge in [0.2, 0.25) is 21.7 Å². The number of hydrogen-bond acceptors (Lipinski definition) is 8. The molecule has 1 aliphatic heterocycles.